The number of nitrogens with zero attached hydrogens (tertiary/aromatic N) is 3. The second kappa shape index (κ2) is 9.27. The highest BCUT2D eigenvalue weighted by Gasteiger charge is 2.06. The number of aromatic nitrogens is 2. The van der Waals surface area contributed by atoms with Crippen LogP contribution in [0, 0.1) is 19.7 Å². The minimum absolute atomic E-state index is 0.302. The Bertz CT molecular complexity index is 938. The number of aryl methyl sites for hydroxylation is 2. The van der Waals surface area contributed by atoms with Crippen LogP contribution in [-0.2, 0) is 13.1 Å². The molecule has 0 fully saturated rings. The van der Waals surface area contributed by atoms with Crippen molar-refractivity contribution in [1.82, 2.24) is 20.6 Å². The van der Waals surface area contributed by atoms with Gasteiger partial charge in [-0.25, -0.2) is 14.4 Å². The molecule has 0 saturated heterocycles. The predicted molar refractivity (Wildman–Crippen MR) is 109 cm³/mol. The molecule has 0 radical (unpaired) electrons. The summed E-state index contributed by atoms with van der Waals surface area (Å²) in [6, 6.07) is 9.52. The van der Waals surface area contributed by atoms with Gasteiger partial charge in [0.1, 0.15) is 11.6 Å². The first-order valence-electron chi connectivity index (χ1n) is 8.79. The molecule has 0 aliphatic heterocycles. The van der Waals surface area contributed by atoms with Crippen molar-refractivity contribution in [3.05, 3.63) is 69.6 Å². The summed E-state index contributed by atoms with van der Waals surface area (Å²) in [6.45, 7) is 5.27. The van der Waals surface area contributed by atoms with Gasteiger partial charge >= 0.3 is 0 Å². The Morgan fingerprint density at radius 3 is 2.46 bits per heavy atom. The van der Waals surface area contributed by atoms with Crippen LogP contribution in [0.15, 0.2) is 47.6 Å². The van der Waals surface area contributed by atoms with E-state index in [1.165, 1.54) is 17.0 Å². The van der Waals surface area contributed by atoms with Crippen molar-refractivity contribution in [2.75, 3.05) is 7.05 Å². The summed E-state index contributed by atoms with van der Waals surface area (Å²) in [5.74, 6) is 1.40. The van der Waals surface area contributed by atoms with Gasteiger partial charge in [-0.3, -0.25) is 4.99 Å². The molecule has 146 valence electrons. The van der Waals surface area contributed by atoms with E-state index < -0.39 is 0 Å². The zero-order chi connectivity index (χ0) is 19.9. The standard InChI is InChI=1S/C20H22FN5OS/c1-13-18(28-14(2)26-13)12-25-20(22-3)24-11-15-4-9-19(23-10-15)27-17-7-5-16(21)6-8-17/h4-10H,11-12H2,1-3H3,(H2,22,24,25). The average Bonchev–Trinajstić information content (AvgIpc) is 3.02. The molecule has 0 bridgehead atoms. The number of hydrogen-bond donors (Lipinski definition) is 2. The Kier molecular flexibility index (Phi) is 6.54. The molecule has 0 aliphatic carbocycles. The molecular weight excluding hydrogens is 377 g/mol. The van der Waals surface area contributed by atoms with Crippen LogP contribution in [0.25, 0.3) is 0 Å². The second-order valence-electron chi connectivity index (χ2n) is 6.08. The van der Waals surface area contributed by atoms with Crippen molar-refractivity contribution in [1.29, 1.82) is 0 Å². The van der Waals surface area contributed by atoms with Gasteiger partial charge in [-0.2, -0.15) is 0 Å². The largest absolute Gasteiger partial charge is 0.439 e. The van der Waals surface area contributed by atoms with Crippen LogP contribution < -0.4 is 15.4 Å². The molecule has 3 aromatic rings. The summed E-state index contributed by atoms with van der Waals surface area (Å²) in [7, 11) is 1.73. The van der Waals surface area contributed by atoms with Gasteiger partial charge in [0.15, 0.2) is 5.96 Å². The van der Waals surface area contributed by atoms with Crippen LogP contribution >= 0.6 is 11.3 Å². The van der Waals surface area contributed by atoms with Crippen molar-refractivity contribution < 1.29 is 9.13 Å². The molecule has 0 unspecified atom stereocenters. The highest BCUT2D eigenvalue weighted by molar-refractivity contribution is 7.11. The number of ether oxygens (including phenoxy) is 1. The lowest BCUT2D eigenvalue weighted by Gasteiger charge is -2.12. The first-order chi connectivity index (χ1) is 13.5. The van der Waals surface area contributed by atoms with E-state index in [1.54, 1.807) is 42.8 Å². The molecule has 2 aromatic heterocycles. The Hall–Kier alpha value is -3.00. The summed E-state index contributed by atoms with van der Waals surface area (Å²) < 4.78 is 18.5. The number of thiazole rings is 1. The highest BCUT2D eigenvalue weighted by atomic mass is 32.1. The van der Waals surface area contributed by atoms with E-state index in [9.17, 15) is 4.39 Å². The van der Waals surface area contributed by atoms with Gasteiger partial charge < -0.3 is 15.4 Å². The van der Waals surface area contributed by atoms with Gasteiger partial charge in [-0.15, -0.1) is 11.3 Å². The van der Waals surface area contributed by atoms with Crippen LogP contribution in [0.1, 0.15) is 21.1 Å². The first kappa shape index (κ1) is 19.8. The molecule has 0 spiro atoms. The lowest BCUT2D eigenvalue weighted by molar-refractivity contribution is 0.461. The molecule has 1 aromatic carbocycles. The molecule has 6 nitrogen and oxygen atoms in total. The maximum absolute atomic E-state index is 12.9. The van der Waals surface area contributed by atoms with Gasteiger partial charge in [-0.1, -0.05) is 6.07 Å². The summed E-state index contributed by atoms with van der Waals surface area (Å²) in [6.07, 6.45) is 1.73. The Morgan fingerprint density at radius 1 is 1.11 bits per heavy atom. The molecule has 0 atom stereocenters. The van der Waals surface area contributed by atoms with Crippen molar-refractivity contribution >= 4 is 17.3 Å². The summed E-state index contributed by atoms with van der Waals surface area (Å²) in [4.78, 5) is 14.2. The smallest absolute Gasteiger partial charge is 0.219 e. The van der Waals surface area contributed by atoms with E-state index >= 15 is 0 Å². The lowest BCUT2D eigenvalue weighted by atomic mass is 10.3. The summed E-state index contributed by atoms with van der Waals surface area (Å²) in [5.41, 5.74) is 2.03. The number of rotatable bonds is 6. The molecule has 0 aliphatic rings. The van der Waals surface area contributed by atoms with Gasteiger partial charge in [0.05, 0.1) is 17.2 Å². The first-order valence-corrected chi connectivity index (χ1v) is 9.61. The van der Waals surface area contributed by atoms with Crippen LogP contribution in [0.5, 0.6) is 11.6 Å². The van der Waals surface area contributed by atoms with Gasteiger partial charge in [-0.05, 0) is 43.7 Å². The summed E-state index contributed by atoms with van der Waals surface area (Å²) in [5, 5.41) is 7.61. The Labute approximate surface area is 167 Å². The zero-order valence-corrected chi connectivity index (χ0v) is 16.8. The molecule has 2 N–H and O–H groups in total. The molecule has 3 rings (SSSR count). The lowest BCUT2D eigenvalue weighted by Crippen LogP contribution is -2.36. The fourth-order valence-electron chi connectivity index (χ4n) is 2.51. The van der Waals surface area contributed by atoms with E-state index in [0.717, 1.165) is 16.3 Å². The van der Waals surface area contributed by atoms with E-state index in [1.807, 2.05) is 19.9 Å². The van der Waals surface area contributed by atoms with Gasteiger partial charge in [0.25, 0.3) is 0 Å². The average molecular weight is 399 g/mol. The van der Waals surface area contributed by atoms with E-state index in [-0.39, 0.29) is 5.82 Å². The minimum Gasteiger partial charge on any atom is -0.439 e. The SMILES string of the molecule is CN=C(NCc1ccc(Oc2ccc(F)cc2)nc1)NCc1sc(C)nc1C. The molecular formula is C20H22FN5OS. The van der Waals surface area contributed by atoms with Crippen molar-refractivity contribution in [2.24, 2.45) is 4.99 Å². The Morgan fingerprint density at radius 2 is 1.86 bits per heavy atom. The van der Waals surface area contributed by atoms with Gasteiger partial charge in [0, 0.05) is 30.7 Å². The van der Waals surface area contributed by atoms with Crippen LogP contribution in [0.3, 0.4) is 0 Å². The van der Waals surface area contributed by atoms with E-state index in [4.69, 9.17) is 4.74 Å². The molecule has 28 heavy (non-hydrogen) atoms. The second-order valence-corrected chi connectivity index (χ2v) is 7.37. The number of aliphatic imine (C=N–C) groups is 1. The van der Waals surface area contributed by atoms with Crippen LogP contribution in [-0.4, -0.2) is 23.0 Å². The number of nitrogens with one attached hydrogen (secondary N) is 2. The molecule has 2 heterocycles. The molecule has 8 heteroatoms. The fourth-order valence-corrected chi connectivity index (χ4v) is 3.38. The fraction of sp³-hybridized carbons (Fsp3) is 0.250. The number of benzene rings is 1. The topological polar surface area (TPSA) is 71.4 Å². The quantitative estimate of drug-likeness (QED) is 0.485. The third kappa shape index (κ3) is 5.50. The van der Waals surface area contributed by atoms with Crippen molar-refractivity contribution in [2.45, 2.75) is 26.9 Å². The summed E-state index contributed by atoms with van der Waals surface area (Å²) >= 11 is 1.68. The maximum atomic E-state index is 12.9. The van der Waals surface area contributed by atoms with Crippen molar-refractivity contribution in [3.8, 4) is 11.6 Å². The minimum atomic E-state index is -0.302. The molecule has 0 amide bonds. The number of hydrogen-bond acceptors (Lipinski definition) is 5. The number of guanidine groups is 1. The van der Waals surface area contributed by atoms with Crippen LogP contribution in [0.4, 0.5) is 4.39 Å². The number of pyridine rings is 1. The zero-order valence-electron chi connectivity index (χ0n) is 16.0. The van der Waals surface area contributed by atoms with Gasteiger partial charge in [0.2, 0.25) is 5.88 Å². The predicted octanol–water partition coefficient (Wildman–Crippen LogP) is 3.95. The van der Waals surface area contributed by atoms with E-state index in [2.05, 4.69) is 25.6 Å². The Balaban J connectivity index is 1.50. The van der Waals surface area contributed by atoms with Crippen molar-refractivity contribution in [3.63, 3.8) is 0 Å². The number of halogens is 1. The van der Waals surface area contributed by atoms with E-state index in [0.29, 0.717) is 30.7 Å². The highest BCUT2D eigenvalue weighted by Crippen LogP contribution is 2.19. The normalized spacial score (nSPS) is 11.4. The third-order valence-corrected chi connectivity index (χ3v) is 5.01. The molecule has 0 saturated carbocycles. The van der Waals surface area contributed by atoms with Crippen LogP contribution in [0.2, 0.25) is 0 Å². The maximum Gasteiger partial charge on any atom is 0.219 e. The monoisotopic (exact) mass is 399 g/mol. The third-order valence-electron chi connectivity index (χ3n) is 3.93.